The van der Waals surface area contributed by atoms with E-state index in [2.05, 4.69) is 41.9 Å². The Labute approximate surface area is 116 Å². The third-order valence-corrected chi connectivity index (χ3v) is 3.57. The lowest BCUT2D eigenvalue weighted by Crippen LogP contribution is -1.99. The minimum atomic E-state index is 0.673. The summed E-state index contributed by atoms with van der Waals surface area (Å²) in [6.07, 6.45) is 0.808. The van der Waals surface area contributed by atoms with Crippen LogP contribution < -0.4 is 5.73 Å². The van der Waals surface area contributed by atoms with E-state index in [1.54, 1.807) is 4.68 Å². The number of nitrogen functional groups attached to an aromatic ring is 1. The van der Waals surface area contributed by atoms with Gasteiger partial charge >= 0.3 is 0 Å². The highest BCUT2D eigenvalue weighted by Crippen LogP contribution is 2.34. The predicted octanol–water partition coefficient (Wildman–Crippen LogP) is 3.15. The fourth-order valence-corrected chi connectivity index (χ4v) is 2.82. The van der Waals surface area contributed by atoms with Crippen molar-refractivity contribution >= 4 is 37.5 Å². The van der Waals surface area contributed by atoms with Gasteiger partial charge in [-0.25, -0.2) is 9.67 Å². The summed E-state index contributed by atoms with van der Waals surface area (Å²) in [5, 5.41) is 4.33. The van der Waals surface area contributed by atoms with Crippen LogP contribution in [0.2, 0.25) is 0 Å². The van der Waals surface area contributed by atoms with Gasteiger partial charge in [0.25, 0.3) is 0 Å². The van der Waals surface area contributed by atoms with Crippen LogP contribution in [0.15, 0.2) is 21.1 Å². The summed E-state index contributed by atoms with van der Waals surface area (Å²) >= 11 is 6.88. The van der Waals surface area contributed by atoms with Gasteiger partial charge in [-0.1, -0.05) is 22.9 Å². The van der Waals surface area contributed by atoms with Crippen LogP contribution in [0.1, 0.15) is 12.7 Å². The fourth-order valence-electron chi connectivity index (χ4n) is 1.59. The highest BCUT2D eigenvalue weighted by atomic mass is 79.9. The molecule has 1 heterocycles. The zero-order chi connectivity index (χ0) is 12.6. The third-order valence-electron chi connectivity index (χ3n) is 2.46. The third kappa shape index (κ3) is 2.37. The largest absolute Gasteiger partial charge is 0.397 e. The van der Waals surface area contributed by atoms with Crippen LogP contribution in [-0.2, 0) is 13.5 Å². The van der Waals surface area contributed by atoms with Gasteiger partial charge in [-0.05, 0) is 28.1 Å². The number of hydrogen-bond donors (Lipinski definition) is 1. The van der Waals surface area contributed by atoms with Crippen LogP contribution in [0.4, 0.5) is 5.69 Å². The predicted molar refractivity (Wildman–Crippen MR) is 75.6 cm³/mol. The fraction of sp³-hybridized carbons (Fsp3) is 0.273. The van der Waals surface area contributed by atoms with Crippen LogP contribution in [0.5, 0.6) is 0 Å². The normalized spacial score (nSPS) is 10.8. The monoisotopic (exact) mass is 358 g/mol. The maximum absolute atomic E-state index is 6.05. The molecule has 6 heteroatoms. The first kappa shape index (κ1) is 12.6. The molecule has 0 saturated carbocycles. The molecule has 0 spiro atoms. The van der Waals surface area contributed by atoms with E-state index in [4.69, 9.17) is 5.73 Å². The smallest absolute Gasteiger partial charge is 0.160 e. The molecule has 17 heavy (non-hydrogen) atoms. The van der Waals surface area contributed by atoms with E-state index in [1.807, 2.05) is 26.1 Å². The molecule has 2 rings (SSSR count). The van der Waals surface area contributed by atoms with Gasteiger partial charge in [0.2, 0.25) is 0 Å². The van der Waals surface area contributed by atoms with Crippen molar-refractivity contribution in [2.24, 2.45) is 7.05 Å². The summed E-state index contributed by atoms with van der Waals surface area (Å²) in [5.41, 5.74) is 7.60. The van der Waals surface area contributed by atoms with E-state index in [9.17, 15) is 0 Å². The average molecular weight is 360 g/mol. The number of anilines is 1. The molecule has 1 aromatic heterocycles. The van der Waals surface area contributed by atoms with Crippen LogP contribution in [-0.4, -0.2) is 14.8 Å². The van der Waals surface area contributed by atoms with E-state index in [1.165, 1.54) is 0 Å². The van der Waals surface area contributed by atoms with Gasteiger partial charge < -0.3 is 5.73 Å². The Bertz CT molecular complexity index is 563. The Kier molecular flexibility index (Phi) is 3.53. The van der Waals surface area contributed by atoms with Crippen LogP contribution in [0, 0.1) is 0 Å². The first-order chi connectivity index (χ1) is 8.02. The van der Waals surface area contributed by atoms with E-state index in [-0.39, 0.29) is 0 Å². The lowest BCUT2D eigenvalue weighted by molar-refractivity contribution is 0.753. The summed E-state index contributed by atoms with van der Waals surface area (Å²) in [6.45, 7) is 2.03. The Hall–Kier alpha value is -0.880. The lowest BCUT2D eigenvalue weighted by Gasteiger charge is -2.07. The molecule has 0 aliphatic heterocycles. The number of halogens is 2. The Morgan fingerprint density at radius 2 is 2.06 bits per heavy atom. The standard InChI is InChI=1S/C11H12Br2N4/c1-3-9-15-11(17(2)16-9)7-4-6(12)5-8(13)10(7)14/h4-5H,3,14H2,1-2H3. The van der Waals surface area contributed by atoms with Gasteiger partial charge in [0, 0.05) is 28.0 Å². The Morgan fingerprint density at radius 3 is 2.65 bits per heavy atom. The molecule has 0 atom stereocenters. The summed E-state index contributed by atoms with van der Waals surface area (Å²) in [4.78, 5) is 4.47. The van der Waals surface area contributed by atoms with Crippen LogP contribution in [0.25, 0.3) is 11.4 Å². The van der Waals surface area contributed by atoms with Gasteiger partial charge in [-0.3, -0.25) is 0 Å². The molecular formula is C11H12Br2N4. The maximum Gasteiger partial charge on any atom is 0.160 e. The molecule has 4 nitrogen and oxygen atoms in total. The molecule has 0 aliphatic carbocycles. The summed E-state index contributed by atoms with van der Waals surface area (Å²) in [6, 6.07) is 3.86. The van der Waals surface area contributed by atoms with Crippen molar-refractivity contribution in [1.82, 2.24) is 14.8 Å². The van der Waals surface area contributed by atoms with Crippen molar-refractivity contribution in [3.8, 4) is 11.4 Å². The molecule has 0 fully saturated rings. The average Bonchev–Trinajstić information content (AvgIpc) is 2.65. The van der Waals surface area contributed by atoms with Crippen molar-refractivity contribution in [2.45, 2.75) is 13.3 Å². The van der Waals surface area contributed by atoms with E-state index >= 15 is 0 Å². The number of rotatable bonds is 2. The Balaban J connectivity index is 2.63. The zero-order valence-electron chi connectivity index (χ0n) is 9.54. The highest BCUT2D eigenvalue weighted by Gasteiger charge is 2.14. The van der Waals surface area contributed by atoms with Crippen LogP contribution >= 0.6 is 31.9 Å². The van der Waals surface area contributed by atoms with Gasteiger partial charge in [-0.2, -0.15) is 5.10 Å². The van der Waals surface area contributed by atoms with Crippen LogP contribution in [0.3, 0.4) is 0 Å². The second kappa shape index (κ2) is 4.78. The molecule has 2 N–H and O–H groups in total. The lowest BCUT2D eigenvalue weighted by atomic mass is 10.1. The summed E-state index contributed by atoms with van der Waals surface area (Å²) < 4.78 is 3.56. The topological polar surface area (TPSA) is 56.7 Å². The summed E-state index contributed by atoms with van der Waals surface area (Å²) in [7, 11) is 1.87. The molecule has 0 bridgehead atoms. The van der Waals surface area contributed by atoms with Crippen molar-refractivity contribution < 1.29 is 0 Å². The quantitative estimate of drug-likeness (QED) is 0.838. The van der Waals surface area contributed by atoms with Gasteiger partial charge in [0.05, 0.1) is 5.69 Å². The number of aromatic nitrogens is 3. The number of nitrogens with two attached hydrogens (primary N) is 1. The first-order valence-electron chi connectivity index (χ1n) is 5.17. The Morgan fingerprint density at radius 1 is 1.35 bits per heavy atom. The number of nitrogens with zero attached hydrogens (tertiary/aromatic N) is 3. The van der Waals surface area contributed by atoms with Crippen molar-refractivity contribution in [2.75, 3.05) is 5.73 Å². The molecule has 0 amide bonds. The second-order valence-electron chi connectivity index (χ2n) is 3.68. The number of hydrogen-bond acceptors (Lipinski definition) is 3. The van der Waals surface area contributed by atoms with Gasteiger partial charge in [0.1, 0.15) is 0 Å². The molecule has 90 valence electrons. The number of benzene rings is 1. The molecule has 1 aromatic carbocycles. The molecule has 0 saturated heterocycles. The molecule has 2 aromatic rings. The van der Waals surface area contributed by atoms with E-state index in [0.29, 0.717) is 5.69 Å². The molecular weight excluding hydrogens is 348 g/mol. The highest BCUT2D eigenvalue weighted by molar-refractivity contribution is 9.11. The minimum absolute atomic E-state index is 0.673. The van der Waals surface area contributed by atoms with Crippen molar-refractivity contribution in [3.05, 3.63) is 26.9 Å². The second-order valence-corrected chi connectivity index (χ2v) is 5.45. The molecule has 0 radical (unpaired) electrons. The minimum Gasteiger partial charge on any atom is -0.397 e. The van der Waals surface area contributed by atoms with E-state index < -0.39 is 0 Å². The van der Waals surface area contributed by atoms with Crippen molar-refractivity contribution in [1.29, 1.82) is 0 Å². The van der Waals surface area contributed by atoms with E-state index in [0.717, 1.165) is 32.6 Å². The number of aryl methyl sites for hydroxylation is 2. The summed E-state index contributed by atoms with van der Waals surface area (Å²) in [5.74, 6) is 1.60. The zero-order valence-corrected chi connectivity index (χ0v) is 12.7. The van der Waals surface area contributed by atoms with Gasteiger partial charge in [-0.15, -0.1) is 0 Å². The SMILES string of the molecule is CCc1nc(-c2cc(Br)cc(Br)c2N)n(C)n1. The molecule has 0 aliphatic rings. The van der Waals surface area contributed by atoms with Gasteiger partial charge in [0.15, 0.2) is 11.6 Å². The maximum atomic E-state index is 6.05. The molecule has 0 unspecified atom stereocenters. The van der Waals surface area contributed by atoms with Crippen molar-refractivity contribution in [3.63, 3.8) is 0 Å². The first-order valence-corrected chi connectivity index (χ1v) is 6.76.